The van der Waals surface area contributed by atoms with Crippen molar-refractivity contribution in [2.75, 3.05) is 45.3 Å². The van der Waals surface area contributed by atoms with Gasteiger partial charge in [0.15, 0.2) is 0 Å². The van der Waals surface area contributed by atoms with Gasteiger partial charge in [-0.05, 0) is 24.3 Å². The lowest BCUT2D eigenvalue weighted by Gasteiger charge is -2.26. The van der Waals surface area contributed by atoms with Gasteiger partial charge < -0.3 is 19.3 Å². The predicted octanol–water partition coefficient (Wildman–Crippen LogP) is 2.46. The Kier molecular flexibility index (Phi) is 5.35. The maximum atomic E-state index is 11.9. The predicted molar refractivity (Wildman–Crippen MR) is 94.6 cm³/mol. The highest BCUT2D eigenvalue weighted by atomic mass is 35.5. The molecule has 0 bridgehead atoms. The Morgan fingerprint density at radius 1 is 1.20 bits per heavy atom. The van der Waals surface area contributed by atoms with Crippen LogP contribution >= 0.6 is 11.6 Å². The topological polar surface area (TPSA) is 67.8 Å². The van der Waals surface area contributed by atoms with E-state index in [1.807, 2.05) is 4.90 Å². The van der Waals surface area contributed by atoms with Gasteiger partial charge in [0.25, 0.3) is 5.91 Å². The molecule has 1 aliphatic rings. The average molecular weight is 363 g/mol. The molecule has 3 rings (SSSR count). The van der Waals surface area contributed by atoms with Crippen LogP contribution in [0.5, 0.6) is 11.6 Å². The molecular formula is C17H19ClN4O3. The maximum absolute atomic E-state index is 11.9. The second kappa shape index (κ2) is 7.67. The van der Waals surface area contributed by atoms with Crippen LogP contribution in [0.15, 0.2) is 30.3 Å². The highest BCUT2D eigenvalue weighted by Crippen LogP contribution is 2.25. The highest BCUT2D eigenvalue weighted by Gasteiger charge is 2.16. The van der Waals surface area contributed by atoms with Crippen molar-refractivity contribution in [2.45, 2.75) is 0 Å². The van der Waals surface area contributed by atoms with Crippen LogP contribution in [0, 0.1) is 0 Å². The number of carbonyl (C=O) groups is 1. The number of ether oxygens (including phenoxy) is 2. The van der Waals surface area contributed by atoms with Gasteiger partial charge in [-0.1, -0.05) is 11.6 Å². The number of rotatable bonds is 4. The third-order valence-electron chi connectivity index (χ3n) is 3.68. The Bertz CT molecular complexity index is 746. The molecule has 8 heteroatoms. The Balaban J connectivity index is 1.76. The van der Waals surface area contributed by atoms with Gasteiger partial charge in [0.1, 0.15) is 10.9 Å². The van der Waals surface area contributed by atoms with Crippen molar-refractivity contribution in [1.29, 1.82) is 0 Å². The first kappa shape index (κ1) is 17.4. The Morgan fingerprint density at radius 2 is 1.88 bits per heavy atom. The van der Waals surface area contributed by atoms with Crippen LogP contribution in [-0.2, 0) is 4.74 Å². The normalized spacial score (nSPS) is 14.3. The summed E-state index contributed by atoms with van der Waals surface area (Å²) in [5.74, 6) is 1.38. The number of morpholine rings is 1. The smallest absolute Gasteiger partial charge is 0.253 e. The van der Waals surface area contributed by atoms with Crippen LogP contribution in [0.2, 0.25) is 5.15 Å². The van der Waals surface area contributed by atoms with Crippen LogP contribution in [0.1, 0.15) is 10.4 Å². The summed E-state index contributed by atoms with van der Waals surface area (Å²) in [4.78, 5) is 24.1. The molecule has 1 aromatic carbocycles. The third-order valence-corrected chi connectivity index (χ3v) is 3.88. The van der Waals surface area contributed by atoms with Gasteiger partial charge in [0.2, 0.25) is 11.8 Å². The quantitative estimate of drug-likeness (QED) is 0.778. The summed E-state index contributed by atoms with van der Waals surface area (Å²) >= 11 is 6.10. The zero-order valence-electron chi connectivity index (χ0n) is 14.1. The maximum Gasteiger partial charge on any atom is 0.253 e. The molecule has 0 spiro atoms. The van der Waals surface area contributed by atoms with Crippen LogP contribution in [0.4, 0.5) is 5.95 Å². The van der Waals surface area contributed by atoms with E-state index in [1.54, 1.807) is 44.4 Å². The monoisotopic (exact) mass is 362 g/mol. The average Bonchev–Trinajstić information content (AvgIpc) is 2.62. The van der Waals surface area contributed by atoms with E-state index in [1.165, 1.54) is 4.90 Å². The lowest BCUT2D eigenvalue weighted by atomic mass is 10.2. The number of amides is 1. The lowest BCUT2D eigenvalue weighted by Crippen LogP contribution is -2.37. The third kappa shape index (κ3) is 4.37. The molecule has 0 saturated carbocycles. The first-order valence-corrected chi connectivity index (χ1v) is 8.27. The summed E-state index contributed by atoms with van der Waals surface area (Å²) in [5.41, 5.74) is 0.590. The molecule has 1 aromatic heterocycles. The molecular weight excluding hydrogens is 344 g/mol. The van der Waals surface area contributed by atoms with E-state index in [0.717, 1.165) is 0 Å². The fourth-order valence-corrected chi connectivity index (χ4v) is 2.56. The van der Waals surface area contributed by atoms with E-state index in [2.05, 4.69) is 9.97 Å². The summed E-state index contributed by atoms with van der Waals surface area (Å²) in [6, 6.07) is 8.43. The number of hydrogen-bond donors (Lipinski definition) is 0. The molecule has 0 radical (unpaired) electrons. The van der Waals surface area contributed by atoms with E-state index < -0.39 is 0 Å². The largest absolute Gasteiger partial charge is 0.439 e. The van der Waals surface area contributed by atoms with Crippen molar-refractivity contribution in [3.05, 3.63) is 41.0 Å². The van der Waals surface area contributed by atoms with Gasteiger partial charge in [-0.3, -0.25) is 4.79 Å². The van der Waals surface area contributed by atoms with Gasteiger partial charge in [0.05, 0.1) is 13.2 Å². The van der Waals surface area contributed by atoms with Crippen molar-refractivity contribution in [2.24, 2.45) is 0 Å². The molecule has 2 aromatic rings. The molecule has 132 valence electrons. The van der Waals surface area contributed by atoms with E-state index in [4.69, 9.17) is 21.1 Å². The van der Waals surface area contributed by atoms with Crippen LogP contribution < -0.4 is 9.64 Å². The minimum Gasteiger partial charge on any atom is -0.439 e. The number of nitrogens with zero attached hydrogens (tertiary/aromatic N) is 4. The van der Waals surface area contributed by atoms with Crippen LogP contribution in [0.25, 0.3) is 0 Å². The molecule has 2 heterocycles. The number of benzene rings is 1. The number of carbonyl (C=O) groups excluding carboxylic acids is 1. The van der Waals surface area contributed by atoms with Gasteiger partial charge in [-0.15, -0.1) is 0 Å². The molecule has 25 heavy (non-hydrogen) atoms. The van der Waals surface area contributed by atoms with E-state index in [-0.39, 0.29) is 5.91 Å². The van der Waals surface area contributed by atoms with Gasteiger partial charge in [-0.25, -0.2) is 4.98 Å². The summed E-state index contributed by atoms with van der Waals surface area (Å²) in [6.45, 7) is 2.68. The van der Waals surface area contributed by atoms with E-state index >= 15 is 0 Å². The molecule has 1 amide bonds. The van der Waals surface area contributed by atoms with Crippen molar-refractivity contribution >= 4 is 23.5 Å². The van der Waals surface area contributed by atoms with Crippen molar-refractivity contribution in [1.82, 2.24) is 14.9 Å². The number of hydrogen-bond acceptors (Lipinski definition) is 6. The minimum absolute atomic E-state index is 0.0637. The van der Waals surface area contributed by atoms with E-state index in [9.17, 15) is 4.79 Å². The minimum atomic E-state index is -0.0637. The zero-order chi connectivity index (χ0) is 17.8. The summed E-state index contributed by atoms with van der Waals surface area (Å²) < 4.78 is 11.1. The fourth-order valence-electron chi connectivity index (χ4n) is 2.39. The molecule has 0 unspecified atom stereocenters. The standard InChI is InChI=1S/C17H19ClN4O3/c1-21(2)16(23)12-3-5-13(6-4-12)25-15-11-14(18)19-17(20-15)22-7-9-24-10-8-22/h3-6,11H,7-10H2,1-2H3. The first-order chi connectivity index (χ1) is 12.0. The summed E-state index contributed by atoms with van der Waals surface area (Å²) in [6.07, 6.45) is 0. The van der Waals surface area contributed by atoms with Gasteiger partial charge >= 0.3 is 0 Å². The zero-order valence-corrected chi connectivity index (χ0v) is 14.9. The lowest BCUT2D eigenvalue weighted by molar-refractivity contribution is 0.0827. The molecule has 0 atom stereocenters. The summed E-state index contributed by atoms with van der Waals surface area (Å²) in [5, 5.41) is 0.311. The highest BCUT2D eigenvalue weighted by molar-refractivity contribution is 6.29. The van der Waals surface area contributed by atoms with Crippen LogP contribution in [-0.4, -0.2) is 61.2 Å². The number of anilines is 1. The SMILES string of the molecule is CN(C)C(=O)c1ccc(Oc2cc(Cl)nc(N3CCOCC3)n2)cc1. The van der Waals surface area contributed by atoms with E-state index in [0.29, 0.717) is 54.6 Å². The molecule has 1 saturated heterocycles. The first-order valence-electron chi connectivity index (χ1n) is 7.90. The second-order valence-electron chi connectivity index (χ2n) is 5.75. The number of aromatic nitrogens is 2. The molecule has 1 aliphatic heterocycles. The Hall–Kier alpha value is -2.38. The summed E-state index contributed by atoms with van der Waals surface area (Å²) in [7, 11) is 3.42. The Morgan fingerprint density at radius 3 is 2.52 bits per heavy atom. The second-order valence-corrected chi connectivity index (χ2v) is 6.14. The number of halogens is 1. The fraction of sp³-hybridized carbons (Fsp3) is 0.353. The molecule has 0 N–H and O–H groups in total. The molecule has 7 nitrogen and oxygen atoms in total. The van der Waals surface area contributed by atoms with Gasteiger partial charge in [-0.2, -0.15) is 4.98 Å². The Labute approximate surface area is 151 Å². The van der Waals surface area contributed by atoms with Crippen molar-refractivity contribution < 1.29 is 14.3 Å². The molecule has 0 aliphatic carbocycles. The molecule has 1 fully saturated rings. The van der Waals surface area contributed by atoms with Crippen molar-refractivity contribution in [3.63, 3.8) is 0 Å². The van der Waals surface area contributed by atoms with Crippen LogP contribution in [0.3, 0.4) is 0 Å². The van der Waals surface area contributed by atoms with Gasteiger partial charge in [0, 0.05) is 38.8 Å². The van der Waals surface area contributed by atoms with Crippen molar-refractivity contribution in [3.8, 4) is 11.6 Å².